The normalized spacial score (nSPS) is 20.8. The summed E-state index contributed by atoms with van der Waals surface area (Å²) >= 11 is 5.96. The van der Waals surface area contributed by atoms with Gasteiger partial charge in [0.2, 0.25) is 0 Å². The molecule has 3 aromatic rings. The Morgan fingerprint density at radius 2 is 1.54 bits per heavy atom. The van der Waals surface area contributed by atoms with Crippen LogP contribution in [0.5, 0.6) is 0 Å². The van der Waals surface area contributed by atoms with Gasteiger partial charge in [-0.25, -0.2) is 13.8 Å². The first-order valence-corrected chi connectivity index (χ1v) is 11.9. The summed E-state index contributed by atoms with van der Waals surface area (Å²) in [5.74, 6) is -0.868. The van der Waals surface area contributed by atoms with Crippen molar-refractivity contribution in [2.75, 3.05) is 0 Å². The molecule has 0 radical (unpaired) electrons. The minimum atomic E-state index is -0.329. The number of carbonyl (C=O) groups excluding carboxylic acids is 1. The van der Waals surface area contributed by atoms with Crippen molar-refractivity contribution < 1.29 is 13.6 Å². The zero-order chi connectivity index (χ0) is 24.4. The zero-order valence-electron chi connectivity index (χ0n) is 18.9. The van der Waals surface area contributed by atoms with E-state index in [-0.39, 0.29) is 29.5 Å². The summed E-state index contributed by atoms with van der Waals surface area (Å²) in [6, 6.07) is 19.5. The van der Waals surface area contributed by atoms with Crippen molar-refractivity contribution in [2.24, 2.45) is 11.0 Å². The third-order valence-electron chi connectivity index (χ3n) is 6.44. The summed E-state index contributed by atoms with van der Waals surface area (Å²) < 4.78 is 27.0. The fraction of sp³-hybridized carbons (Fsp3) is 0.172. The molecular weight excluding hydrogens is 466 g/mol. The largest absolute Gasteiger partial charge is 0.268 e. The molecular formula is C29H23ClF2N2O. The van der Waals surface area contributed by atoms with Gasteiger partial charge in [-0.05, 0) is 90.1 Å². The molecule has 0 N–H and O–H groups in total. The highest BCUT2D eigenvalue weighted by Gasteiger charge is 2.43. The van der Waals surface area contributed by atoms with E-state index in [2.05, 4.69) is 0 Å². The molecule has 3 aromatic carbocycles. The van der Waals surface area contributed by atoms with Crippen LogP contribution in [0.15, 0.2) is 89.5 Å². The molecule has 176 valence electrons. The second kappa shape index (κ2) is 9.96. The van der Waals surface area contributed by atoms with Gasteiger partial charge in [0.05, 0.1) is 11.8 Å². The molecule has 1 fully saturated rings. The fourth-order valence-electron chi connectivity index (χ4n) is 4.75. The van der Waals surface area contributed by atoms with E-state index in [0.29, 0.717) is 5.02 Å². The highest BCUT2D eigenvalue weighted by atomic mass is 35.5. The van der Waals surface area contributed by atoms with Gasteiger partial charge < -0.3 is 0 Å². The summed E-state index contributed by atoms with van der Waals surface area (Å²) in [7, 11) is 0. The Bertz CT molecular complexity index is 1310. The Hall–Kier alpha value is -3.57. The number of nitrogens with zero attached hydrogens (tertiary/aromatic N) is 2. The molecule has 1 aliphatic carbocycles. The smallest absolute Gasteiger partial charge is 0.267 e. The van der Waals surface area contributed by atoms with Crippen molar-refractivity contribution in [1.82, 2.24) is 5.01 Å². The van der Waals surface area contributed by atoms with Crippen LogP contribution in [0.2, 0.25) is 5.02 Å². The highest BCUT2D eigenvalue weighted by Crippen LogP contribution is 2.44. The molecule has 5 rings (SSSR count). The van der Waals surface area contributed by atoms with Crippen LogP contribution >= 0.6 is 11.6 Å². The lowest BCUT2D eigenvalue weighted by atomic mass is 9.77. The van der Waals surface area contributed by atoms with E-state index in [9.17, 15) is 13.6 Å². The number of amides is 1. The molecule has 0 bridgehead atoms. The number of carbonyl (C=O) groups is 1. The van der Waals surface area contributed by atoms with Crippen molar-refractivity contribution in [2.45, 2.75) is 25.3 Å². The van der Waals surface area contributed by atoms with E-state index in [0.717, 1.165) is 47.2 Å². The molecule has 6 heteroatoms. The van der Waals surface area contributed by atoms with Crippen LogP contribution in [0.3, 0.4) is 0 Å². The molecule has 0 spiro atoms. The lowest BCUT2D eigenvalue weighted by Gasteiger charge is -2.29. The molecule has 1 aliphatic heterocycles. The van der Waals surface area contributed by atoms with E-state index in [1.54, 1.807) is 42.5 Å². The molecule has 2 unspecified atom stereocenters. The maximum atomic E-state index is 13.7. The zero-order valence-corrected chi connectivity index (χ0v) is 19.6. The number of hydrogen-bond donors (Lipinski definition) is 0. The third-order valence-corrected chi connectivity index (χ3v) is 6.69. The predicted octanol–water partition coefficient (Wildman–Crippen LogP) is 7.45. The van der Waals surface area contributed by atoms with Gasteiger partial charge in [-0.15, -0.1) is 0 Å². The van der Waals surface area contributed by atoms with Crippen molar-refractivity contribution in [3.05, 3.63) is 118 Å². The van der Waals surface area contributed by atoms with Gasteiger partial charge in [0, 0.05) is 17.0 Å². The van der Waals surface area contributed by atoms with E-state index in [1.807, 2.05) is 18.2 Å². The number of hydrogen-bond acceptors (Lipinski definition) is 2. The molecule has 2 atom stereocenters. The average molecular weight is 489 g/mol. The second-order valence-electron chi connectivity index (χ2n) is 8.77. The van der Waals surface area contributed by atoms with E-state index >= 15 is 0 Å². The maximum Gasteiger partial charge on any atom is 0.267 e. The topological polar surface area (TPSA) is 32.7 Å². The summed E-state index contributed by atoms with van der Waals surface area (Å²) in [6.45, 7) is 0. The highest BCUT2D eigenvalue weighted by molar-refractivity contribution is 6.30. The molecule has 1 amide bonds. The van der Waals surface area contributed by atoms with Gasteiger partial charge in [-0.1, -0.05) is 48.0 Å². The molecule has 0 saturated heterocycles. The first-order chi connectivity index (χ1) is 17.0. The van der Waals surface area contributed by atoms with Crippen LogP contribution in [0, 0.1) is 17.6 Å². The number of allylic oxidation sites excluding steroid dienone is 1. The van der Waals surface area contributed by atoms with Crippen molar-refractivity contribution in [3.8, 4) is 0 Å². The van der Waals surface area contributed by atoms with Crippen molar-refractivity contribution >= 4 is 35.4 Å². The third kappa shape index (κ3) is 5.10. The van der Waals surface area contributed by atoms with E-state index < -0.39 is 0 Å². The van der Waals surface area contributed by atoms with Gasteiger partial charge >= 0.3 is 0 Å². The first-order valence-electron chi connectivity index (χ1n) is 11.6. The number of halogens is 3. The van der Waals surface area contributed by atoms with Crippen LogP contribution in [-0.4, -0.2) is 16.6 Å². The van der Waals surface area contributed by atoms with Crippen molar-refractivity contribution in [1.29, 1.82) is 0 Å². The molecule has 2 aliphatic rings. The van der Waals surface area contributed by atoms with Crippen LogP contribution in [-0.2, 0) is 4.79 Å². The Kier molecular flexibility index (Phi) is 6.60. The molecule has 0 aromatic heterocycles. The number of fused-ring (bicyclic) bond motifs is 1. The lowest BCUT2D eigenvalue weighted by Crippen LogP contribution is -2.31. The van der Waals surface area contributed by atoms with Gasteiger partial charge in [-0.3, -0.25) is 4.79 Å². The SMILES string of the molecule is O=C(/C=C/c1ccc(Cl)cc1)N1N=C2/C(=C/c3ccc(F)cc3)CCCC2C1c1ccc(F)cc1. The Morgan fingerprint density at radius 1 is 0.914 bits per heavy atom. The average Bonchev–Trinajstić information content (AvgIpc) is 3.26. The standard InChI is InChI=1S/C29H23ClF2N2O/c30-23-11-4-19(5-12-23)8-17-27(35)34-29(21-9-15-25(32)16-10-21)26-3-1-2-22(28(26)33-34)18-20-6-13-24(31)14-7-20/h4-18,26,29H,1-3H2/b17-8+,22-18+. The lowest BCUT2D eigenvalue weighted by molar-refractivity contribution is -0.128. The Labute approximate surface area is 208 Å². The van der Waals surface area contributed by atoms with Gasteiger partial charge in [0.25, 0.3) is 5.91 Å². The minimum Gasteiger partial charge on any atom is -0.268 e. The summed E-state index contributed by atoms with van der Waals surface area (Å²) in [4.78, 5) is 13.4. The number of hydrazone groups is 1. The predicted molar refractivity (Wildman–Crippen MR) is 136 cm³/mol. The summed E-state index contributed by atoms with van der Waals surface area (Å²) in [5.41, 5.74) is 4.48. The minimum absolute atomic E-state index is 0.00575. The summed E-state index contributed by atoms with van der Waals surface area (Å²) in [5, 5.41) is 6.95. The Morgan fingerprint density at radius 3 is 2.23 bits per heavy atom. The van der Waals surface area contributed by atoms with Crippen LogP contribution in [0.4, 0.5) is 8.78 Å². The van der Waals surface area contributed by atoms with Crippen LogP contribution < -0.4 is 0 Å². The van der Waals surface area contributed by atoms with Gasteiger partial charge in [0.15, 0.2) is 0 Å². The van der Waals surface area contributed by atoms with E-state index in [1.165, 1.54) is 35.4 Å². The monoisotopic (exact) mass is 488 g/mol. The van der Waals surface area contributed by atoms with E-state index in [4.69, 9.17) is 16.7 Å². The molecule has 1 saturated carbocycles. The van der Waals surface area contributed by atoms with Crippen LogP contribution in [0.25, 0.3) is 12.2 Å². The first kappa shape index (κ1) is 23.2. The van der Waals surface area contributed by atoms with Gasteiger partial charge in [0.1, 0.15) is 11.6 Å². The Balaban J connectivity index is 1.50. The van der Waals surface area contributed by atoms with Gasteiger partial charge in [-0.2, -0.15) is 5.10 Å². The maximum absolute atomic E-state index is 13.7. The fourth-order valence-corrected chi connectivity index (χ4v) is 4.88. The van der Waals surface area contributed by atoms with Crippen LogP contribution in [0.1, 0.15) is 42.0 Å². The van der Waals surface area contributed by atoms with Crippen molar-refractivity contribution in [3.63, 3.8) is 0 Å². The summed E-state index contributed by atoms with van der Waals surface area (Å²) in [6.07, 6.45) is 7.89. The number of benzene rings is 3. The molecule has 3 nitrogen and oxygen atoms in total. The number of rotatable bonds is 4. The molecule has 1 heterocycles. The quantitative estimate of drug-likeness (QED) is 0.351. The second-order valence-corrected chi connectivity index (χ2v) is 9.21. The molecule has 35 heavy (non-hydrogen) atoms.